The molecule has 0 aromatic rings. The molecule has 0 bridgehead atoms. The molecule has 1 heterocycles. The molecule has 0 atom stereocenters. The molecule has 1 saturated heterocycles. The molecule has 0 aliphatic carbocycles. The normalized spacial score (nSPS) is 15.0. The monoisotopic (exact) mass is 607 g/mol. The third-order valence-electron chi connectivity index (χ3n) is 10.4. The van der Waals surface area contributed by atoms with Crippen molar-refractivity contribution >= 4 is 8.32 Å². The highest BCUT2D eigenvalue weighted by Crippen LogP contribution is 2.33. The van der Waals surface area contributed by atoms with E-state index in [1.54, 1.807) is 0 Å². The number of rotatable bonds is 34. The smallest absolute Gasteiger partial charge is 0.192 e. The van der Waals surface area contributed by atoms with Gasteiger partial charge >= 0.3 is 0 Å². The molecule has 1 aliphatic rings. The first-order valence-corrected chi connectivity index (χ1v) is 23.0. The first kappa shape index (κ1) is 40.2. The molecule has 0 saturated carbocycles. The Labute approximate surface area is 269 Å². The fourth-order valence-corrected chi connectivity index (χ4v) is 11.9. The van der Waals surface area contributed by atoms with Gasteiger partial charge in [0.15, 0.2) is 8.32 Å². The van der Waals surface area contributed by atoms with E-state index in [4.69, 9.17) is 4.43 Å². The second kappa shape index (κ2) is 32.6. The average Bonchev–Trinajstić information content (AvgIpc) is 3.01. The van der Waals surface area contributed by atoms with Crippen LogP contribution >= 0.6 is 0 Å². The van der Waals surface area contributed by atoms with E-state index >= 15 is 0 Å². The Kier molecular flexibility index (Phi) is 31.2. The molecule has 0 aromatic carbocycles. The summed E-state index contributed by atoms with van der Waals surface area (Å²) >= 11 is 0. The largest absolute Gasteiger partial charge is 0.417 e. The zero-order valence-electron chi connectivity index (χ0n) is 29.8. The molecule has 1 rings (SSSR count). The highest BCUT2D eigenvalue weighted by molar-refractivity contribution is 6.73. The molecule has 0 amide bonds. The Morgan fingerprint density at radius 3 is 0.833 bits per heavy atom. The van der Waals surface area contributed by atoms with Crippen molar-refractivity contribution in [2.75, 3.05) is 6.61 Å². The van der Waals surface area contributed by atoms with Gasteiger partial charge in [-0.2, -0.15) is 0 Å². The summed E-state index contributed by atoms with van der Waals surface area (Å²) in [7, 11) is -1.40. The summed E-state index contributed by atoms with van der Waals surface area (Å²) in [5.41, 5.74) is 0. The maximum absolute atomic E-state index is 6.65. The van der Waals surface area contributed by atoms with Crippen LogP contribution in [-0.2, 0) is 4.43 Å². The molecule has 1 nitrogen and oxygen atoms in total. The maximum atomic E-state index is 6.65. The van der Waals surface area contributed by atoms with Crippen molar-refractivity contribution in [2.45, 2.75) is 250 Å². The number of hydrogen-bond acceptors (Lipinski definition) is 1. The standard InChI is InChI=1S/C40H82OSi/c1-3-5-7-9-11-13-15-17-19-21-23-25-27-29-31-34-38-42(40-36-33-37-41-42)39-35-32-30-28-26-24-22-20-18-16-14-12-10-8-6-4-2/h3-40H2,1-2H3. The topological polar surface area (TPSA) is 9.23 Å². The van der Waals surface area contributed by atoms with Gasteiger partial charge in [0.05, 0.1) is 0 Å². The van der Waals surface area contributed by atoms with E-state index in [0.717, 1.165) is 6.61 Å². The van der Waals surface area contributed by atoms with Crippen molar-refractivity contribution in [3.05, 3.63) is 0 Å². The molecule has 0 aromatic heterocycles. The van der Waals surface area contributed by atoms with E-state index in [-0.39, 0.29) is 0 Å². The van der Waals surface area contributed by atoms with Gasteiger partial charge in [-0.25, -0.2) is 0 Å². The summed E-state index contributed by atoms with van der Waals surface area (Å²) in [6, 6.07) is 4.43. The summed E-state index contributed by atoms with van der Waals surface area (Å²) < 4.78 is 6.65. The molecular weight excluding hydrogens is 525 g/mol. The molecule has 2 heteroatoms. The van der Waals surface area contributed by atoms with Gasteiger partial charge in [-0.1, -0.05) is 226 Å². The minimum Gasteiger partial charge on any atom is -0.417 e. The van der Waals surface area contributed by atoms with Crippen LogP contribution in [0.25, 0.3) is 0 Å². The average molecular weight is 607 g/mol. The van der Waals surface area contributed by atoms with Gasteiger partial charge < -0.3 is 4.43 Å². The van der Waals surface area contributed by atoms with Crippen LogP contribution in [0.2, 0.25) is 18.1 Å². The van der Waals surface area contributed by atoms with Crippen molar-refractivity contribution in [2.24, 2.45) is 0 Å². The zero-order valence-corrected chi connectivity index (χ0v) is 30.8. The molecule has 1 aliphatic heterocycles. The van der Waals surface area contributed by atoms with E-state index in [0.29, 0.717) is 0 Å². The Balaban J connectivity index is 1.90. The fourth-order valence-electron chi connectivity index (χ4n) is 7.42. The molecule has 0 radical (unpaired) electrons. The third-order valence-corrected chi connectivity index (χ3v) is 15.0. The van der Waals surface area contributed by atoms with Gasteiger partial charge in [0.2, 0.25) is 0 Å². The van der Waals surface area contributed by atoms with Crippen molar-refractivity contribution in [1.82, 2.24) is 0 Å². The van der Waals surface area contributed by atoms with E-state index in [1.807, 2.05) is 0 Å². The molecule has 42 heavy (non-hydrogen) atoms. The van der Waals surface area contributed by atoms with Crippen LogP contribution in [-0.4, -0.2) is 14.9 Å². The van der Waals surface area contributed by atoms with Crippen molar-refractivity contribution in [1.29, 1.82) is 0 Å². The van der Waals surface area contributed by atoms with Crippen LogP contribution in [0.4, 0.5) is 0 Å². The van der Waals surface area contributed by atoms with Crippen LogP contribution in [0.15, 0.2) is 0 Å². The van der Waals surface area contributed by atoms with Gasteiger partial charge in [-0.15, -0.1) is 0 Å². The van der Waals surface area contributed by atoms with Crippen molar-refractivity contribution in [3.8, 4) is 0 Å². The SMILES string of the molecule is CCCCCCCCCCCCCCCCCC[Si]1(CCCCCCCCCCCCCCCCCC)CCCCO1. The molecule has 1 fully saturated rings. The summed E-state index contributed by atoms with van der Waals surface area (Å²) in [5, 5.41) is 0. The van der Waals surface area contributed by atoms with E-state index in [9.17, 15) is 0 Å². The predicted molar refractivity (Wildman–Crippen MR) is 194 cm³/mol. The van der Waals surface area contributed by atoms with Crippen LogP contribution < -0.4 is 0 Å². The Morgan fingerprint density at radius 1 is 0.333 bits per heavy atom. The summed E-state index contributed by atoms with van der Waals surface area (Å²) in [4.78, 5) is 0. The van der Waals surface area contributed by atoms with E-state index < -0.39 is 8.32 Å². The van der Waals surface area contributed by atoms with Gasteiger partial charge in [0, 0.05) is 6.61 Å². The number of hydrogen-bond donors (Lipinski definition) is 0. The number of unbranched alkanes of at least 4 members (excludes halogenated alkanes) is 30. The summed E-state index contributed by atoms with van der Waals surface area (Å²) in [6.07, 6.45) is 49.8. The molecule has 252 valence electrons. The van der Waals surface area contributed by atoms with Gasteiger partial charge in [0.25, 0.3) is 0 Å². The molecule has 0 unspecified atom stereocenters. The Hall–Kier alpha value is 0.177. The van der Waals surface area contributed by atoms with Crippen molar-refractivity contribution in [3.63, 3.8) is 0 Å². The van der Waals surface area contributed by atoms with Gasteiger partial charge in [-0.3, -0.25) is 0 Å². The lowest BCUT2D eigenvalue weighted by Gasteiger charge is -2.35. The predicted octanol–water partition coefficient (Wildman–Crippen LogP) is 15.3. The minimum atomic E-state index is -1.40. The maximum Gasteiger partial charge on any atom is 0.192 e. The Bertz CT molecular complexity index is 462. The van der Waals surface area contributed by atoms with Gasteiger partial charge in [0.1, 0.15) is 0 Å². The minimum absolute atomic E-state index is 1.09. The van der Waals surface area contributed by atoms with Crippen LogP contribution in [0.3, 0.4) is 0 Å². The molecular formula is C40H82OSi. The van der Waals surface area contributed by atoms with Gasteiger partial charge in [-0.05, 0) is 24.6 Å². The molecule has 0 N–H and O–H groups in total. The van der Waals surface area contributed by atoms with E-state index in [1.165, 1.54) is 236 Å². The zero-order chi connectivity index (χ0) is 30.1. The second-order valence-corrected chi connectivity index (χ2v) is 18.7. The lowest BCUT2D eigenvalue weighted by Crippen LogP contribution is -2.41. The van der Waals surface area contributed by atoms with Crippen LogP contribution in [0.5, 0.6) is 0 Å². The van der Waals surface area contributed by atoms with Crippen LogP contribution in [0, 0.1) is 0 Å². The fraction of sp³-hybridized carbons (Fsp3) is 1.00. The first-order chi connectivity index (χ1) is 20.8. The third kappa shape index (κ3) is 26.6. The molecule has 0 spiro atoms. The lowest BCUT2D eigenvalue weighted by molar-refractivity contribution is 0.263. The second-order valence-electron chi connectivity index (χ2n) is 14.6. The Morgan fingerprint density at radius 2 is 0.595 bits per heavy atom. The lowest BCUT2D eigenvalue weighted by atomic mass is 10.0. The summed E-state index contributed by atoms with van der Waals surface area (Å²) in [5.74, 6) is 0. The highest BCUT2D eigenvalue weighted by Gasteiger charge is 2.35. The van der Waals surface area contributed by atoms with Crippen molar-refractivity contribution < 1.29 is 4.43 Å². The van der Waals surface area contributed by atoms with E-state index in [2.05, 4.69) is 13.8 Å². The summed E-state index contributed by atoms with van der Waals surface area (Å²) in [6.45, 7) is 5.71. The first-order valence-electron chi connectivity index (χ1n) is 20.5. The quantitative estimate of drug-likeness (QED) is 0.0523. The highest BCUT2D eigenvalue weighted by atomic mass is 28.4. The van der Waals surface area contributed by atoms with Crippen LogP contribution in [0.1, 0.15) is 232 Å².